The van der Waals surface area contributed by atoms with E-state index in [4.69, 9.17) is 15.2 Å². The predicted molar refractivity (Wildman–Crippen MR) is 58.9 cm³/mol. The van der Waals surface area contributed by atoms with Gasteiger partial charge in [-0.3, -0.25) is 4.98 Å². The molecule has 0 spiro atoms. The number of ether oxygens (including phenoxy) is 2. The molecular formula is C11H16N2O3. The van der Waals surface area contributed by atoms with Crippen LogP contribution in [0.15, 0.2) is 18.3 Å². The van der Waals surface area contributed by atoms with E-state index in [1.165, 1.54) is 6.20 Å². The molecule has 1 unspecified atom stereocenters. The van der Waals surface area contributed by atoms with Crippen molar-refractivity contribution in [2.24, 2.45) is 5.73 Å². The Morgan fingerprint density at radius 2 is 2.31 bits per heavy atom. The van der Waals surface area contributed by atoms with E-state index in [1.807, 2.05) is 0 Å². The number of carbonyl (C=O) groups is 1. The van der Waals surface area contributed by atoms with Crippen molar-refractivity contribution >= 4 is 5.97 Å². The van der Waals surface area contributed by atoms with Gasteiger partial charge in [0.05, 0.1) is 18.5 Å². The van der Waals surface area contributed by atoms with Gasteiger partial charge in [-0.1, -0.05) is 0 Å². The molecule has 2 N–H and O–H groups in total. The Hall–Kier alpha value is -1.62. The molecule has 0 radical (unpaired) electrons. The average molecular weight is 224 g/mol. The second kappa shape index (κ2) is 6.07. The smallest absolute Gasteiger partial charge is 0.347 e. The third-order valence-corrected chi connectivity index (χ3v) is 1.94. The summed E-state index contributed by atoms with van der Waals surface area (Å²) in [5.41, 5.74) is 6.19. The molecule has 0 amide bonds. The molecular weight excluding hydrogens is 208 g/mol. The maximum absolute atomic E-state index is 11.3. The van der Waals surface area contributed by atoms with Gasteiger partial charge in [0.25, 0.3) is 0 Å². The van der Waals surface area contributed by atoms with Crippen LogP contribution in [0, 0.1) is 0 Å². The molecule has 0 aromatic carbocycles. The number of rotatable bonds is 5. The minimum absolute atomic E-state index is 0.344. The summed E-state index contributed by atoms with van der Waals surface area (Å²) in [5, 5.41) is 0. The third kappa shape index (κ3) is 3.51. The average Bonchev–Trinajstić information content (AvgIpc) is 2.30. The molecule has 0 aliphatic carbocycles. The molecule has 16 heavy (non-hydrogen) atoms. The van der Waals surface area contributed by atoms with E-state index in [-0.39, 0.29) is 5.97 Å². The molecule has 1 atom stereocenters. The highest BCUT2D eigenvalue weighted by Crippen LogP contribution is 2.11. The summed E-state index contributed by atoms with van der Waals surface area (Å²) in [6.07, 6.45) is 0.906. The molecule has 1 heterocycles. The van der Waals surface area contributed by atoms with Crippen molar-refractivity contribution in [3.05, 3.63) is 24.0 Å². The number of carbonyl (C=O) groups excluding carboxylic acids is 1. The third-order valence-electron chi connectivity index (χ3n) is 1.94. The summed E-state index contributed by atoms with van der Waals surface area (Å²) in [4.78, 5) is 15.3. The number of esters is 1. The largest absolute Gasteiger partial charge is 0.477 e. The minimum Gasteiger partial charge on any atom is -0.477 e. The van der Waals surface area contributed by atoms with Gasteiger partial charge in [0.2, 0.25) is 0 Å². The fourth-order valence-electron chi connectivity index (χ4n) is 1.11. The first-order valence-corrected chi connectivity index (χ1v) is 5.15. The minimum atomic E-state index is -0.634. The summed E-state index contributed by atoms with van der Waals surface area (Å²) >= 11 is 0. The van der Waals surface area contributed by atoms with Crippen LogP contribution in [-0.2, 0) is 16.1 Å². The van der Waals surface area contributed by atoms with Crippen LogP contribution in [0.4, 0.5) is 0 Å². The molecule has 5 heteroatoms. The van der Waals surface area contributed by atoms with Crippen LogP contribution in [0.2, 0.25) is 0 Å². The Morgan fingerprint density at radius 3 is 2.81 bits per heavy atom. The van der Waals surface area contributed by atoms with E-state index < -0.39 is 6.10 Å². The second-order valence-electron chi connectivity index (χ2n) is 3.20. The molecule has 0 aliphatic rings. The summed E-state index contributed by atoms with van der Waals surface area (Å²) in [6, 6.07) is 3.48. The normalized spacial score (nSPS) is 11.9. The maximum Gasteiger partial charge on any atom is 0.347 e. The summed E-state index contributed by atoms with van der Waals surface area (Å²) in [7, 11) is 0. The highest BCUT2D eigenvalue weighted by atomic mass is 16.6. The Labute approximate surface area is 94.6 Å². The van der Waals surface area contributed by atoms with Gasteiger partial charge in [0, 0.05) is 6.54 Å². The Balaban J connectivity index is 2.55. The van der Waals surface area contributed by atoms with Gasteiger partial charge < -0.3 is 15.2 Å². The Kier molecular flexibility index (Phi) is 4.72. The summed E-state index contributed by atoms with van der Waals surface area (Å²) in [5.74, 6) is 0.142. The fraction of sp³-hybridized carbons (Fsp3) is 0.455. The Bertz CT molecular complexity index is 338. The van der Waals surface area contributed by atoms with Crippen molar-refractivity contribution in [3.63, 3.8) is 0 Å². The summed E-state index contributed by atoms with van der Waals surface area (Å²) < 4.78 is 10.2. The van der Waals surface area contributed by atoms with Crippen molar-refractivity contribution in [3.8, 4) is 5.75 Å². The lowest BCUT2D eigenvalue weighted by molar-refractivity contribution is -0.150. The molecule has 1 aromatic heterocycles. The van der Waals surface area contributed by atoms with Crippen LogP contribution in [0.5, 0.6) is 5.75 Å². The zero-order chi connectivity index (χ0) is 12.0. The monoisotopic (exact) mass is 224 g/mol. The van der Waals surface area contributed by atoms with Gasteiger partial charge in [-0.25, -0.2) is 4.79 Å². The summed E-state index contributed by atoms with van der Waals surface area (Å²) in [6.45, 7) is 4.11. The number of nitrogens with zero attached hydrogens (tertiary/aromatic N) is 1. The van der Waals surface area contributed by atoms with Gasteiger partial charge in [0.15, 0.2) is 6.10 Å². The zero-order valence-electron chi connectivity index (χ0n) is 9.47. The van der Waals surface area contributed by atoms with Crippen molar-refractivity contribution in [2.45, 2.75) is 26.5 Å². The van der Waals surface area contributed by atoms with Crippen LogP contribution >= 0.6 is 0 Å². The molecule has 0 fully saturated rings. The zero-order valence-corrected chi connectivity index (χ0v) is 9.47. The first kappa shape index (κ1) is 12.4. The highest BCUT2D eigenvalue weighted by molar-refractivity contribution is 5.74. The maximum atomic E-state index is 11.3. The van der Waals surface area contributed by atoms with Crippen molar-refractivity contribution in [1.82, 2.24) is 4.98 Å². The van der Waals surface area contributed by atoms with Crippen LogP contribution in [0.1, 0.15) is 19.5 Å². The van der Waals surface area contributed by atoms with E-state index in [9.17, 15) is 4.79 Å². The van der Waals surface area contributed by atoms with Gasteiger partial charge in [-0.2, -0.15) is 0 Å². The molecule has 0 saturated heterocycles. The molecule has 1 rings (SSSR count). The molecule has 0 bridgehead atoms. The highest BCUT2D eigenvalue weighted by Gasteiger charge is 2.15. The predicted octanol–water partition coefficient (Wildman–Crippen LogP) is 0.871. The van der Waals surface area contributed by atoms with Gasteiger partial charge in [0.1, 0.15) is 5.75 Å². The molecule has 1 aromatic rings. The van der Waals surface area contributed by atoms with Crippen LogP contribution < -0.4 is 10.5 Å². The fourth-order valence-corrected chi connectivity index (χ4v) is 1.11. The van der Waals surface area contributed by atoms with Gasteiger partial charge >= 0.3 is 5.97 Å². The lowest BCUT2D eigenvalue weighted by Crippen LogP contribution is -2.26. The first-order chi connectivity index (χ1) is 7.67. The molecule has 0 aliphatic heterocycles. The topological polar surface area (TPSA) is 74.4 Å². The SMILES string of the molecule is CCOC(=O)C(C)Oc1ccc(CN)nc1. The van der Waals surface area contributed by atoms with Crippen molar-refractivity contribution in [1.29, 1.82) is 0 Å². The van der Waals surface area contributed by atoms with E-state index in [0.29, 0.717) is 18.9 Å². The number of hydrogen-bond acceptors (Lipinski definition) is 5. The van der Waals surface area contributed by atoms with E-state index >= 15 is 0 Å². The molecule has 5 nitrogen and oxygen atoms in total. The van der Waals surface area contributed by atoms with Crippen LogP contribution in [-0.4, -0.2) is 23.7 Å². The number of aromatic nitrogens is 1. The van der Waals surface area contributed by atoms with Gasteiger partial charge in [-0.05, 0) is 26.0 Å². The van der Waals surface area contributed by atoms with E-state index in [1.54, 1.807) is 26.0 Å². The van der Waals surface area contributed by atoms with E-state index in [2.05, 4.69) is 4.98 Å². The lowest BCUT2D eigenvalue weighted by atomic mass is 10.3. The Morgan fingerprint density at radius 1 is 1.56 bits per heavy atom. The number of nitrogens with two attached hydrogens (primary N) is 1. The van der Waals surface area contributed by atoms with Crippen molar-refractivity contribution in [2.75, 3.05) is 6.61 Å². The first-order valence-electron chi connectivity index (χ1n) is 5.15. The number of hydrogen-bond donors (Lipinski definition) is 1. The van der Waals surface area contributed by atoms with Crippen LogP contribution in [0.3, 0.4) is 0 Å². The molecule has 88 valence electrons. The van der Waals surface area contributed by atoms with Crippen LogP contribution in [0.25, 0.3) is 0 Å². The lowest BCUT2D eigenvalue weighted by Gasteiger charge is -2.12. The number of pyridine rings is 1. The second-order valence-corrected chi connectivity index (χ2v) is 3.20. The van der Waals surface area contributed by atoms with Gasteiger partial charge in [-0.15, -0.1) is 0 Å². The van der Waals surface area contributed by atoms with E-state index in [0.717, 1.165) is 5.69 Å². The van der Waals surface area contributed by atoms with Crippen molar-refractivity contribution < 1.29 is 14.3 Å². The quantitative estimate of drug-likeness (QED) is 0.751. The standard InChI is InChI=1S/C11H16N2O3/c1-3-15-11(14)8(2)16-10-5-4-9(6-12)13-7-10/h4-5,7-8H,3,6,12H2,1-2H3. The molecule has 0 saturated carbocycles.